The van der Waals surface area contributed by atoms with Gasteiger partial charge in [-0.25, -0.2) is 18.1 Å². The minimum absolute atomic E-state index is 0.0115. The van der Waals surface area contributed by atoms with Crippen LogP contribution in [0.5, 0.6) is 0 Å². The van der Waals surface area contributed by atoms with Crippen molar-refractivity contribution in [3.8, 4) is 11.3 Å². The predicted molar refractivity (Wildman–Crippen MR) is 119 cm³/mol. The summed E-state index contributed by atoms with van der Waals surface area (Å²) in [4.78, 5) is 26.5. The van der Waals surface area contributed by atoms with Crippen LogP contribution in [0.4, 0.5) is 0 Å². The van der Waals surface area contributed by atoms with E-state index >= 15 is 0 Å². The Hall–Kier alpha value is -3.01. The number of ketones is 1. The smallest absolute Gasteiger partial charge is 0.240 e. The van der Waals surface area contributed by atoms with Crippen molar-refractivity contribution in [1.82, 2.24) is 19.7 Å². The minimum Gasteiger partial charge on any atom is -0.385 e. The number of carbonyl (C=O) groups is 1. The second-order valence-corrected chi connectivity index (χ2v) is 9.33. The van der Waals surface area contributed by atoms with Gasteiger partial charge in [0.15, 0.2) is 0 Å². The summed E-state index contributed by atoms with van der Waals surface area (Å²) in [6.07, 6.45) is 6.04. The van der Waals surface area contributed by atoms with E-state index in [1.165, 1.54) is 0 Å². The summed E-state index contributed by atoms with van der Waals surface area (Å²) in [5.74, 6) is -0.327. The molecule has 2 aromatic heterocycles. The first-order valence-corrected chi connectivity index (χ1v) is 11.9. The summed E-state index contributed by atoms with van der Waals surface area (Å²) in [6.45, 7) is 0.536. The molecular formula is C23H24N4O4S. The number of benzene rings is 1. The third-order valence-corrected chi connectivity index (χ3v) is 6.58. The Morgan fingerprint density at radius 3 is 2.72 bits per heavy atom. The minimum atomic E-state index is -3.61. The van der Waals surface area contributed by atoms with Crippen molar-refractivity contribution in [2.45, 2.75) is 36.6 Å². The first kappa shape index (κ1) is 22.2. The molecule has 9 heteroatoms. The Balaban J connectivity index is 1.70. The van der Waals surface area contributed by atoms with Crippen molar-refractivity contribution in [3.05, 3.63) is 71.9 Å². The summed E-state index contributed by atoms with van der Waals surface area (Å²) in [5, 5.41) is 0. The lowest BCUT2D eigenvalue weighted by Gasteiger charge is -2.11. The van der Waals surface area contributed by atoms with Crippen molar-refractivity contribution < 1.29 is 17.9 Å². The maximum Gasteiger partial charge on any atom is 0.240 e. The number of rotatable bonds is 10. The number of nitrogens with one attached hydrogen (secondary N) is 1. The second-order valence-electron chi connectivity index (χ2n) is 7.61. The molecule has 8 nitrogen and oxygen atoms in total. The molecule has 0 bridgehead atoms. The number of carbonyl (C=O) groups excluding carboxylic acids is 1. The Bertz CT molecular complexity index is 1210. The highest BCUT2D eigenvalue weighted by molar-refractivity contribution is 7.89. The van der Waals surface area contributed by atoms with E-state index < -0.39 is 10.0 Å². The van der Waals surface area contributed by atoms with Gasteiger partial charge in [0.25, 0.3) is 0 Å². The highest BCUT2D eigenvalue weighted by Gasteiger charge is 2.28. The van der Waals surface area contributed by atoms with Gasteiger partial charge < -0.3 is 4.74 Å². The first-order chi connectivity index (χ1) is 15.5. The number of methoxy groups -OCH3 is 1. The molecule has 0 unspecified atom stereocenters. The molecule has 166 valence electrons. The SMILES string of the molecule is COCCCc1ncc(-c2cccc(S(=O)(=O)NC3CC3)c2)nc1C(=O)c1ccccn1. The molecule has 1 aliphatic carbocycles. The second kappa shape index (κ2) is 9.64. The Morgan fingerprint density at radius 1 is 1.16 bits per heavy atom. The van der Waals surface area contributed by atoms with Crippen molar-refractivity contribution in [3.63, 3.8) is 0 Å². The Kier molecular flexibility index (Phi) is 6.69. The standard InChI is InChI=1S/C23H24N4O4S/c1-31-13-5-9-19-22(23(28)20-8-2-3-12-24-20)26-21(15-25-19)16-6-4-7-18(14-16)32(29,30)27-17-10-11-17/h2-4,6-8,12,14-15,17,27H,5,9-11,13H2,1H3. The number of sulfonamides is 1. The van der Waals surface area contributed by atoms with Crippen LogP contribution in [0.15, 0.2) is 59.8 Å². The molecule has 4 rings (SSSR count). The van der Waals surface area contributed by atoms with E-state index in [1.54, 1.807) is 62.0 Å². The molecule has 0 aliphatic heterocycles. The Morgan fingerprint density at radius 2 is 2.00 bits per heavy atom. The van der Waals surface area contributed by atoms with Crippen LogP contribution in [0, 0.1) is 0 Å². The van der Waals surface area contributed by atoms with E-state index in [1.807, 2.05) is 0 Å². The van der Waals surface area contributed by atoms with Crippen LogP contribution in [0.3, 0.4) is 0 Å². The molecule has 1 N–H and O–H groups in total. The summed E-state index contributed by atoms with van der Waals surface area (Å²) in [6, 6.07) is 11.6. The molecule has 0 spiro atoms. The monoisotopic (exact) mass is 452 g/mol. The molecule has 0 atom stereocenters. The van der Waals surface area contributed by atoms with Gasteiger partial charge in [0.1, 0.15) is 11.4 Å². The van der Waals surface area contributed by atoms with E-state index in [0.717, 1.165) is 12.8 Å². The maximum atomic E-state index is 13.1. The first-order valence-electron chi connectivity index (χ1n) is 10.4. The van der Waals surface area contributed by atoms with Crippen LogP contribution in [-0.2, 0) is 21.2 Å². The average Bonchev–Trinajstić information content (AvgIpc) is 3.63. The molecule has 32 heavy (non-hydrogen) atoms. The predicted octanol–water partition coefficient (Wildman–Crippen LogP) is 2.79. The summed E-state index contributed by atoms with van der Waals surface area (Å²) in [5.41, 5.74) is 2.03. The number of pyridine rings is 1. The molecule has 1 aromatic carbocycles. The fourth-order valence-electron chi connectivity index (χ4n) is 3.23. The van der Waals surface area contributed by atoms with Gasteiger partial charge in [0, 0.05) is 31.5 Å². The van der Waals surface area contributed by atoms with Crippen molar-refractivity contribution in [2.75, 3.05) is 13.7 Å². The van der Waals surface area contributed by atoms with Crippen molar-refractivity contribution >= 4 is 15.8 Å². The maximum absolute atomic E-state index is 13.1. The zero-order chi connectivity index (χ0) is 22.6. The summed E-state index contributed by atoms with van der Waals surface area (Å²) < 4.78 is 33.0. The largest absolute Gasteiger partial charge is 0.385 e. The van der Waals surface area contributed by atoms with Gasteiger partial charge in [-0.2, -0.15) is 0 Å². The molecule has 1 aliphatic rings. The number of hydrogen-bond acceptors (Lipinski definition) is 7. The van der Waals surface area contributed by atoms with Gasteiger partial charge in [0.05, 0.1) is 22.5 Å². The van der Waals surface area contributed by atoms with Crippen molar-refractivity contribution in [2.24, 2.45) is 0 Å². The van der Waals surface area contributed by atoms with Crippen LogP contribution in [0.1, 0.15) is 41.1 Å². The number of hydrogen-bond donors (Lipinski definition) is 1. The lowest BCUT2D eigenvalue weighted by Crippen LogP contribution is -2.25. The normalized spacial score (nSPS) is 13.8. The summed E-state index contributed by atoms with van der Waals surface area (Å²) >= 11 is 0. The number of nitrogens with zero attached hydrogens (tertiary/aromatic N) is 3. The molecule has 1 fully saturated rings. The molecule has 0 radical (unpaired) electrons. The van der Waals surface area contributed by atoms with Gasteiger partial charge in [-0.1, -0.05) is 18.2 Å². The zero-order valence-electron chi connectivity index (χ0n) is 17.7. The van der Waals surface area contributed by atoms with Gasteiger partial charge in [-0.15, -0.1) is 0 Å². The van der Waals surface area contributed by atoms with Gasteiger partial charge in [0.2, 0.25) is 15.8 Å². The molecule has 0 amide bonds. The van der Waals surface area contributed by atoms with Gasteiger partial charge in [-0.05, 0) is 49.9 Å². The van der Waals surface area contributed by atoms with Crippen LogP contribution in [-0.4, -0.2) is 48.9 Å². The van der Waals surface area contributed by atoms with E-state index in [0.29, 0.717) is 36.4 Å². The van der Waals surface area contributed by atoms with Crippen LogP contribution in [0.2, 0.25) is 0 Å². The van der Waals surface area contributed by atoms with Gasteiger partial charge in [-0.3, -0.25) is 14.8 Å². The molecule has 1 saturated carbocycles. The van der Waals surface area contributed by atoms with Crippen LogP contribution >= 0.6 is 0 Å². The quantitative estimate of drug-likeness (QED) is 0.372. The summed E-state index contributed by atoms with van der Waals surface area (Å²) in [7, 11) is -1.99. The van der Waals surface area contributed by atoms with E-state index in [-0.39, 0.29) is 28.1 Å². The lowest BCUT2D eigenvalue weighted by atomic mass is 10.1. The molecule has 0 saturated heterocycles. The molecule has 3 aromatic rings. The fourth-order valence-corrected chi connectivity index (χ4v) is 4.58. The van der Waals surface area contributed by atoms with E-state index in [9.17, 15) is 13.2 Å². The van der Waals surface area contributed by atoms with Crippen LogP contribution < -0.4 is 4.72 Å². The number of ether oxygens (including phenoxy) is 1. The average molecular weight is 453 g/mol. The fraction of sp³-hybridized carbons (Fsp3) is 0.304. The molecule has 2 heterocycles. The topological polar surface area (TPSA) is 111 Å². The third-order valence-electron chi connectivity index (χ3n) is 5.06. The number of aryl methyl sites for hydroxylation is 1. The Labute approximate surface area is 187 Å². The lowest BCUT2D eigenvalue weighted by molar-refractivity contribution is 0.102. The number of aromatic nitrogens is 3. The molecular weight excluding hydrogens is 428 g/mol. The van der Waals surface area contributed by atoms with E-state index in [2.05, 4.69) is 19.7 Å². The highest BCUT2D eigenvalue weighted by atomic mass is 32.2. The third kappa shape index (κ3) is 5.24. The van der Waals surface area contributed by atoms with E-state index in [4.69, 9.17) is 4.74 Å². The highest BCUT2D eigenvalue weighted by Crippen LogP contribution is 2.25. The van der Waals surface area contributed by atoms with Crippen LogP contribution in [0.25, 0.3) is 11.3 Å². The van der Waals surface area contributed by atoms with Crippen molar-refractivity contribution in [1.29, 1.82) is 0 Å². The zero-order valence-corrected chi connectivity index (χ0v) is 18.5. The van der Waals surface area contributed by atoms with Gasteiger partial charge >= 0.3 is 0 Å².